The monoisotopic (exact) mass is 406 g/mol. The van der Waals surface area contributed by atoms with Crippen molar-refractivity contribution in [2.45, 2.75) is 25.9 Å². The second-order valence-electron chi connectivity index (χ2n) is 6.87. The van der Waals surface area contributed by atoms with Gasteiger partial charge in [-0.1, -0.05) is 6.08 Å². The van der Waals surface area contributed by atoms with Crippen LogP contribution in [0.4, 0.5) is 0 Å². The van der Waals surface area contributed by atoms with Gasteiger partial charge in [0, 0.05) is 24.7 Å². The first-order valence-electron chi connectivity index (χ1n) is 9.11. The second-order valence-corrected chi connectivity index (χ2v) is 9.10. The van der Waals surface area contributed by atoms with E-state index in [1.54, 1.807) is 26.4 Å². The summed E-state index contributed by atoms with van der Waals surface area (Å²) >= 11 is 0. The molecule has 0 bridgehead atoms. The SMILES string of the molecule is C=CCN(Cc1nc(-c2ccc(OC)c(OC)c2)oc1C)[C@@H]1CCS(=O)(=O)C1. The van der Waals surface area contributed by atoms with Crippen molar-refractivity contribution in [2.75, 3.05) is 32.3 Å². The lowest BCUT2D eigenvalue weighted by Crippen LogP contribution is -2.36. The van der Waals surface area contributed by atoms with Gasteiger partial charge in [0.2, 0.25) is 5.89 Å². The topological polar surface area (TPSA) is 81.9 Å². The van der Waals surface area contributed by atoms with Gasteiger partial charge in [0.05, 0.1) is 31.4 Å². The Balaban J connectivity index is 1.84. The van der Waals surface area contributed by atoms with E-state index in [4.69, 9.17) is 13.9 Å². The number of aromatic nitrogens is 1. The Morgan fingerprint density at radius 2 is 2.07 bits per heavy atom. The molecule has 1 atom stereocenters. The molecule has 1 saturated heterocycles. The normalized spacial score (nSPS) is 18.4. The van der Waals surface area contributed by atoms with Crippen LogP contribution in [0.3, 0.4) is 0 Å². The summed E-state index contributed by atoms with van der Waals surface area (Å²) < 4.78 is 40.2. The standard InChI is InChI=1S/C20H26N2O5S/c1-5-9-22(16-8-10-28(23,24)13-16)12-17-14(2)27-20(21-17)15-6-7-18(25-3)19(11-15)26-4/h5-7,11,16H,1,8-10,12-13H2,2-4H3/t16-/m1/s1. The van der Waals surface area contributed by atoms with Crippen molar-refractivity contribution in [3.63, 3.8) is 0 Å². The highest BCUT2D eigenvalue weighted by Crippen LogP contribution is 2.33. The summed E-state index contributed by atoms with van der Waals surface area (Å²) in [5.41, 5.74) is 1.57. The number of sulfone groups is 1. The van der Waals surface area contributed by atoms with Crippen LogP contribution >= 0.6 is 0 Å². The summed E-state index contributed by atoms with van der Waals surface area (Å²) in [6.07, 6.45) is 2.42. The third-order valence-corrected chi connectivity index (χ3v) is 6.71. The highest BCUT2D eigenvalue weighted by Gasteiger charge is 2.32. The van der Waals surface area contributed by atoms with Gasteiger partial charge in [-0.25, -0.2) is 13.4 Å². The van der Waals surface area contributed by atoms with Crippen LogP contribution in [-0.2, 0) is 16.4 Å². The Labute approximate surface area is 165 Å². The van der Waals surface area contributed by atoms with Crippen molar-refractivity contribution in [1.29, 1.82) is 0 Å². The molecule has 0 saturated carbocycles. The molecule has 0 amide bonds. The lowest BCUT2D eigenvalue weighted by molar-refractivity contribution is 0.223. The van der Waals surface area contributed by atoms with Crippen molar-refractivity contribution in [2.24, 2.45) is 0 Å². The number of nitrogens with zero attached hydrogens (tertiary/aromatic N) is 2. The van der Waals surface area contributed by atoms with E-state index in [1.807, 2.05) is 19.1 Å². The van der Waals surface area contributed by atoms with Crippen LogP contribution in [-0.4, -0.2) is 56.6 Å². The Morgan fingerprint density at radius 1 is 1.32 bits per heavy atom. The van der Waals surface area contributed by atoms with Crippen molar-refractivity contribution >= 4 is 9.84 Å². The van der Waals surface area contributed by atoms with E-state index >= 15 is 0 Å². The fourth-order valence-electron chi connectivity index (χ4n) is 3.43. The number of ether oxygens (including phenoxy) is 2. The number of aryl methyl sites for hydroxylation is 1. The molecule has 1 fully saturated rings. The van der Waals surface area contributed by atoms with E-state index in [1.165, 1.54) is 0 Å². The van der Waals surface area contributed by atoms with Crippen LogP contribution in [0.25, 0.3) is 11.5 Å². The summed E-state index contributed by atoms with van der Waals surface area (Å²) in [5, 5.41) is 0. The maximum absolute atomic E-state index is 11.9. The third kappa shape index (κ3) is 4.39. The fraction of sp³-hybridized carbons (Fsp3) is 0.450. The highest BCUT2D eigenvalue weighted by atomic mass is 32.2. The number of hydrogen-bond acceptors (Lipinski definition) is 7. The molecule has 1 aromatic carbocycles. The van der Waals surface area contributed by atoms with Gasteiger partial charge in [0.1, 0.15) is 5.76 Å². The molecule has 2 aromatic rings. The first-order chi connectivity index (χ1) is 13.4. The minimum Gasteiger partial charge on any atom is -0.493 e. The molecule has 3 rings (SSSR count). The minimum atomic E-state index is -2.96. The molecule has 0 spiro atoms. The zero-order chi connectivity index (χ0) is 20.3. The molecule has 8 heteroatoms. The smallest absolute Gasteiger partial charge is 0.226 e. The van der Waals surface area contributed by atoms with Gasteiger partial charge >= 0.3 is 0 Å². The summed E-state index contributed by atoms with van der Waals surface area (Å²) in [5.74, 6) is 2.85. The number of oxazole rings is 1. The molecule has 0 N–H and O–H groups in total. The Kier molecular flexibility index (Phi) is 6.10. The first kappa shape index (κ1) is 20.4. The van der Waals surface area contributed by atoms with E-state index < -0.39 is 9.84 Å². The second kappa shape index (κ2) is 8.36. The molecule has 7 nitrogen and oxygen atoms in total. The highest BCUT2D eigenvalue weighted by molar-refractivity contribution is 7.91. The number of rotatable bonds is 8. The van der Waals surface area contributed by atoms with Crippen LogP contribution in [0.15, 0.2) is 35.3 Å². The van der Waals surface area contributed by atoms with Crippen LogP contribution in [0.5, 0.6) is 11.5 Å². The van der Waals surface area contributed by atoms with Crippen LogP contribution in [0.2, 0.25) is 0 Å². The van der Waals surface area contributed by atoms with Crippen molar-refractivity contribution < 1.29 is 22.3 Å². The zero-order valence-electron chi connectivity index (χ0n) is 16.5. The lowest BCUT2D eigenvalue weighted by Gasteiger charge is -2.25. The average Bonchev–Trinajstić information content (AvgIpc) is 3.22. The van der Waals surface area contributed by atoms with E-state index in [9.17, 15) is 8.42 Å². The Morgan fingerprint density at radius 3 is 2.68 bits per heavy atom. The fourth-order valence-corrected chi connectivity index (χ4v) is 5.19. The van der Waals surface area contributed by atoms with Crippen molar-refractivity contribution in [3.8, 4) is 23.0 Å². The van der Waals surface area contributed by atoms with E-state index in [0.29, 0.717) is 42.7 Å². The quantitative estimate of drug-likeness (QED) is 0.624. The van der Waals surface area contributed by atoms with E-state index in [0.717, 1.165) is 11.3 Å². The number of hydrogen-bond donors (Lipinski definition) is 0. The van der Waals surface area contributed by atoms with Gasteiger partial charge in [-0.15, -0.1) is 6.58 Å². The van der Waals surface area contributed by atoms with Gasteiger partial charge in [-0.05, 0) is 31.5 Å². The molecule has 0 radical (unpaired) electrons. The van der Waals surface area contributed by atoms with Gasteiger partial charge in [0.15, 0.2) is 21.3 Å². The van der Waals surface area contributed by atoms with Gasteiger partial charge in [-0.3, -0.25) is 4.90 Å². The van der Waals surface area contributed by atoms with Crippen molar-refractivity contribution in [1.82, 2.24) is 9.88 Å². The minimum absolute atomic E-state index is 0.0244. The molecule has 1 aliphatic heterocycles. The molecule has 0 unspecified atom stereocenters. The largest absolute Gasteiger partial charge is 0.493 e. The Hall–Kier alpha value is -2.32. The summed E-state index contributed by atoms with van der Waals surface area (Å²) in [6.45, 7) is 6.77. The molecular weight excluding hydrogens is 380 g/mol. The molecule has 0 aliphatic carbocycles. The number of benzene rings is 1. The van der Waals surface area contributed by atoms with Crippen LogP contribution in [0.1, 0.15) is 17.9 Å². The van der Waals surface area contributed by atoms with E-state index in [2.05, 4.69) is 16.5 Å². The van der Waals surface area contributed by atoms with Gasteiger partial charge < -0.3 is 13.9 Å². The maximum Gasteiger partial charge on any atom is 0.226 e. The zero-order valence-corrected chi connectivity index (χ0v) is 17.3. The Bertz CT molecular complexity index is 952. The molecule has 152 valence electrons. The molecule has 1 aliphatic rings. The molecule has 1 aromatic heterocycles. The number of methoxy groups -OCH3 is 2. The summed E-state index contributed by atoms with van der Waals surface area (Å²) in [4.78, 5) is 6.75. The van der Waals surface area contributed by atoms with Crippen molar-refractivity contribution in [3.05, 3.63) is 42.3 Å². The summed E-state index contributed by atoms with van der Waals surface area (Å²) in [7, 11) is 0.207. The average molecular weight is 407 g/mol. The maximum atomic E-state index is 11.9. The predicted octanol–water partition coefficient (Wildman–Crippen LogP) is 2.84. The summed E-state index contributed by atoms with van der Waals surface area (Å²) in [6, 6.07) is 5.46. The van der Waals surface area contributed by atoms with Crippen LogP contribution in [0, 0.1) is 6.92 Å². The van der Waals surface area contributed by atoms with Crippen LogP contribution < -0.4 is 9.47 Å². The molecule has 28 heavy (non-hydrogen) atoms. The molecule has 2 heterocycles. The van der Waals surface area contributed by atoms with Gasteiger partial charge in [0.25, 0.3) is 0 Å². The predicted molar refractivity (Wildman–Crippen MR) is 107 cm³/mol. The third-order valence-electron chi connectivity index (χ3n) is 4.96. The lowest BCUT2D eigenvalue weighted by atomic mass is 10.2. The van der Waals surface area contributed by atoms with Gasteiger partial charge in [-0.2, -0.15) is 0 Å². The van der Waals surface area contributed by atoms with E-state index in [-0.39, 0.29) is 17.5 Å². The molecular formula is C20H26N2O5S. The first-order valence-corrected chi connectivity index (χ1v) is 10.9.